The molecule has 1 aromatic heterocycles. The Morgan fingerprint density at radius 2 is 1.89 bits per heavy atom. The predicted octanol–water partition coefficient (Wildman–Crippen LogP) is 3.15. The number of amides is 1. The van der Waals surface area contributed by atoms with Crippen molar-refractivity contribution >= 4 is 5.91 Å². The van der Waals surface area contributed by atoms with Gasteiger partial charge in [0.1, 0.15) is 19.0 Å². The molecule has 3 rings (SSSR count). The Morgan fingerprint density at radius 1 is 1.11 bits per heavy atom. The molecule has 6 nitrogen and oxygen atoms in total. The van der Waals surface area contributed by atoms with E-state index in [0.717, 1.165) is 17.0 Å². The summed E-state index contributed by atoms with van der Waals surface area (Å²) < 4.78 is 12.8. The maximum Gasteiger partial charge on any atom is 0.246 e. The number of para-hydroxylation sites is 1. The van der Waals surface area contributed by atoms with Gasteiger partial charge in [-0.05, 0) is 36.8 Å². The molecule has 6 heteroatoms. The fraction of sp³-hybridized carbons (Fsp3) is 0.238. The van der Waals surface area contributed by atoms with Gasteiger partial charge in [-0.2, -0.15) is 0 Å². The van der Waals surface area contributed by atoms with E-state index in [1.807, 2.05) is 72.3 Å². The van der Waals surface area contributed by atoms with E-state index in [-0.39, 0.29) is 18.6 Å². The molecule has 1 N–H and O–H groups in total. The highest BCUT2D eigenvalue weighted by atomic mass is 16.5. The van der Waals surface area contributed by atoms with Gasteiger partial charge >= 0.3 is 0 Å². The second kappa shape index (κ2) is 9.54. The molecule has 1 heterocycles. The zero-order chi connectivity index (χ0) is 18.9. The Balaban J connectivity index is 1.37. The lowest BCUT2D eigenvalue weighted by Gasteiger charge is -2.15. The van der Waals surface area contributed by atoms with Crippen molar-refractivity contribution in [2.24, 2.45) is 0 Å². The van der Waals surface area contributed by atoms with Crippen LogP contribution in [0.4, 0.5) is 0 Å². The Kier molecular flexibility index (Phi) is 6.60. The number of carbonyl (C=O) groups excluding carboxylic acids is 1. The van der Waals surface area contributed by atoms with Gasteiger partial charge in [0.25, 0.3) is 0 Å². The fourth-order valence-corrected chi connectivity index (χ4v) is 2.61. The molecule has 0 radical (unpaired) electrons. The minimum atomic E-state index is -0.152. The molecule has 27 heavy (non-hydrogen) atoms. The molecule has 3 aromatic rings. The van der Waals surface area contributed by atoms with Gasteiger partial charge in [-0.25, -0.2) is 4.98 Å². The molecule has 0 fully saturated rings. The van der Waals surface area contributed by atoms with Crippen LogP contribution < -0.4 is 10.1 Å². The number of imidazole rings is 1. The standard InChI is InChI=1S/C21H23N3O3/c1-17(18-7-9-19(10-8-18)24-12-11-22-16-24)23-21(25)15-26-13-14-27-20-5-3-2-4-6-20/h2-12,16-17H,13-15H2,1H3,(H,23,25). The Bertz CT molecular complexity index is 818. The molecule has 0 saturated carbocycles. The van der Waals surface area contributed by atoms with Gasteiger partial charge in [-0.3, -0.25) is 4.79 Å². The molecule has 0 aliphatic heterocycles. The quantitative estimate of drug-likeness (QED) is 0.592. The molecule has 2 aromatic carbocycles. The van der Waals surface area contributed by atoms with E-state index in [0.29, 0.717) is 13.2 Å². The summed E-state index contributed by atoms with van der Waals surface area (Å²) in [6.45, 7) is 2.72. The molecule has 1 amide bonds. The van der Waals surface area contributed by atoms with Crippen LogP contribution in [0.3, 0.4) is 0 Å². The maximum absolute atomic E-state index is 12.0. The summed E-state index contributed by atoms with van der Waals surface area (Å²) in [6, 6.07) is 17.4. The lowest BCUT2D eigenvalue weighted by molar-refractivity contribution is -0.126. The van der Waals surface area contributed by atoms with Crippen molar-refractivity contribution in [1.82, 2.24) is 14.9 Å². The highest BCUT2D eigenvalue weighted by Gasteiger charge is 2.10. The first-order valence-electron chi connectivity index (χ1n) is 8.85. The van der Waals surface area contributed by atoms with Crippen molar-refractivity contribution in [2.75, 3.05) is 19.8 Å². The Labute approximate surface area is 158 Å². The van der Waals surface area contributed by atoms with E-state index in [1.54, 1.807) is 12.5 Å². The van der Waals surface area contributed by atoms with Gasteiger partial charge in [-0.1, -0.05) is 30.3 Å². The first-order chi connectivity index (χ1) is 13.2. The lowest BCUT2D eigenvalue weighted by Crippen LogP contribution is -2.30. The zero-order valence-electron chi connectivity index (χ0n) is 15.2. The van der Waals surface area contributed by atoms with Gasteiger partial charge in [-0.15, -0.1) is 0 Å². The highest BCUT2D eigenvalue weighted by Crippen LogP contribution is 2.15. The van der Waals surface area contributed by atoms with Crippen molar-refractivity contribution < 1.29 is 14.3 Å². The molecule has 0 aliphatic rings. The second-order valence-electron chi connectivity index (χ2n) is 6.06. The third-order valence-electron chi connectivity index (χ3n) is 4.05. The minimum Gasteiger partial charge on any atom is -0.491 e. The molecule has 0 aliphatic carbocycles. The molecule has 140 valence electrons. The molecular formula is C21H23N3O3. The first-order valence-corrected chi connectivity index (χ1v) is 8.85. The monoisotopic (exact) mass is 365 g/mol. The summed E-state index contributed by atoms with van der Waals surface area (Å²) in [6.07, 6.45) is 5.37. The largest absolute Gasteiger partial charge is 0.491 e. The molecular weight excluding hydrogens is 342 g/mol. The summed E-state index contributed by atoms with van der Waals surface area (Å²) in [5.74, 6) is 0.638. The molecule has 0 bridgehead atoms. The smallest absolute Gasteiger partial charge is 0.246 e. The average Bonchev–Trinajstić information content (AvgIpc) is 3.23. The van der Waals surface area contributed by atoms with Gasteiger partial charge in [0.15, 0.2) is 0 Å². The van der Waals surface area contributed by atoms with Crippen molar-refractivity contribution in [1.29, 1.82) is 0 Å². The van der Waals surface area contributed by atoms with E-state index >= 15 is 0 Å². The summed E-state index contributed by atoms with van der Waals surface area (Å²) in [7, 11) is 0. The van der Waals surface area contributed by atoms with Crippen LogP contribution in [0.2, 0.25) is 0 Å². The number of carbonyl (C=O) groups is 1. The summed E-state index contributed by atoms with van der Waals surface area (Å²) in [5, 5.41) is 2.94. The third-order valence-corrected chi connectivity index (χ3v) is 4.05. The van der Waals surface area contributed by atoms with Crippen molar-refractivity contribution in [3.05, 3.63) is 78.9 Å². The summed E-state index contributed by atoms with van der Waals surface area (Å²) in [4.78, 5) is 16.1. The van der Waals surface area contributed by atoms with E-state index in [1.165, 1.54) is 0 Å². The zero-order valence-corrected chi connectivity index (χ0v) is 15.2. The van der Waals surface area contributed by atoms with Crippen molar-refractivity contribution in [2.45, 2.75) is 13.0 Å². The molecule has 1 unspecified atom stereocenters. The summed E-state index contributed by atoms with van der Waals surface area (Å²) in [5.41, 5.74) is 2.05. The number of hydrogen-bond acceptors (Lipinski definition) is 4. The van der Waals surface area contributed by atoms with Crippen LogP contribution in [0.15, 0.2) is 73.3 Å². The van der Waals surface area contributed by atoms with Crippen LogP contribution in [0.25, 0.3) is 5.69 Å². The SMILES string of the molecule is CC(NC(=O)COCCOc1ccccc1)c1ccc(-n2ccnc2)cc1. The number of nitrogens with zero attached hydrogens (tertiary/aromatic N) is 2. The number of rotatable bonds is 9. The topological polar surface area (TPSA) is 65.4 Å². The normalized spacial score (nSPS) is 11.7. The third kappa shape index (κ3) is 5.69. The highest BCUT2D eigenvalue weighted by molar-refractivity contribution is 5.77. The predicted molar refractivity (Wildman–Crippen MR) is 103 cm³/mol. The molecule has 0 spiro atoms. The second-order valence-corrected chi connectivity index (χ2v) is 6.06. The number of aromatic nitrogens is 2. The van der Waals surface area contributed by atoms with Crippen molar-refractivity contribution in [3.8, 4) is 11.4 Å². The van der Waals surface area contributed by atoms with Gasteiger partial charge in [0.2, 0.25) is 5.91 Å². The van der Waals surface area contributed by atoms with Crippen LogP contribution in [0.1, 0.15) is 18.5 Å². The van der Waals surface area contributed by atoms with E-state index in [4.69, 9.17) is 9.47 Å². The lowest BCUT2D eigenvalue weighted by atomic mass is 10.1. The summed E-state index contributed by atoms with van der Waals surface area (Å²) >= 11 is 0. The van der Waals surface area contributed by atoms with Crippen molar-refractivity contribution in [3.63, 3.8) is 0 Å². The van der Waals surface area contributed by atoms with E-state index in [9.17, 15) is 4.79 Å². The first kappa shape index (κ1) is 18.7. The van der Waals surface area contributed by atoms with E-state index in [2.05, 4.69) is 10.3 Å². The minimum absolute atomic E-state index is 0.00953. The number of nitrogens with one attached hydrogen (secondary N) is 1. The number of ether oxygens (including phenoxy) is 2. The van der Waals surface area contributed by atoms with Crippen LogP contribution in [-0.2, 0) is 9.53 Å². The Hall–Kier alpha value is -3.12. The van der Waals surface area contributed by atoms with Gasteiger partial charge < -0.3 is 19.4 Å². The Morgan fingerprint density at radius 3 is 2.59 bits per heavy atom. The fourth-order valence-electron chi connectivity index (χ4n) is 2.61. The number of hydrogen-bond donors (Lipinski definition) is 1. The van der Waals surface area contributed by atoms with Crippen LogP contribution >= 0.6 is 0 Å². The molecule has 0 saturated heterocycles. The van der Waals surface area contributed by atoms with Crippen LogP contribution in [-0.4, -0.2) is 35.3 Å². The molecule has 1 atom stereocenters. The van der Waals surface area contributed by atoms with Gasteiger partial charge in [0.05, 0.1) is 19.0 Å². The van der Waals surface area contributed by atoms with Gasteiger partial charge in [0, 0.05) is 18.1 Å². The average molecular weight is 365 g/mol. The number of benzene rings is 2. The van der Waals surface area contributed by atoms with Crippen LogP contribution in [0, 0.1) is 0 Å². The van der Waals surface area contributed by atoms with E-state index < -0.39 is 0 Å². The maximum atomic E-state index is 12.0. The van der Waals surface area contributed by atoms with Crippen LogP contribution in [0.5, 0.6) is 5.75 Å².